The van der Waals surface area contributed by atoms with Crippen LogP contribution in [0, 0.1) is 11.3 Å². The standard InChI is InChI=1S/C15H16N2O4/c1-2-8-21-10-13(15(19)20)17-14(18)12-5-3-4-11(9-12)6-7-16/h2-5,9,13H,1,6,8,10H2,(H,17,18)(H,19,20). The summed E-state index contributed by atoms with van der Waals surface area (Å²) in [6, 6.07) is 7.33. The maximum atomic E-state index is 12.0. The van der Waals surface area contributed by atoms with Crippen molar-refractivity contribution in [3.8, 4) is 6.07 Å². The molecule has 1 atom stereocenters. The second-order valence-electron chi connectivity index (χ2n) is 4.23. The van der Waals surface area contributed by atoms with E-state index < -0.39 is 17.9 Å². The van der Waals surface area contributed by atoms with E-state index in [9.17, 15) is 9.59 Å². The lowest BCUT2D eigenvalue weighted by molar-refractivity contribution is -0.140. The highest BCUT2D eigenvalue weighted by Gasteiger charge is 2.20. The highest BCUT2D eigenvalue weighted by Crippen LogP contribution is 2.06. The Hall–Kier alpha value is -2.65. The van der Waals surface area contributed by atoms with Gasteiger partial charge in [0.1, 0.15) is 0 Å². The van der Waals surface area contributed by atoms with E-state index in [-0.39, 0.29) is 19.6 Å². The highest BCUT2D eigenvalue weighted by molar-refractivity contribution is 5.96. The molecule has 0 spiro atoms. The molecule has 0 saturated heterocycles. The first kappa shape index (κ1) is 16.4. The summed E-state index contributed by atoms with van der Waals surface area (Å²) in [4.78, 5) is 23.1. The molecule has 6 nitrogen and oxygen atoms in total. The van der Waals surface area contributed by atoms with Crippen LogP contribution >= 0.6 is 0 Å². The summed E-state index contributed by atoms with van der Waals surface area (Å²) >= 11 is 0. The Morgan fingerprint density at radius 1 is 1.52 bits per heavy atom. The summed E-state index contributed by atoms with van der Waals surface area (Å²) in [6.07, 6.45) is 1.68. The number of carboxylic acid groups (broad SMARTS) is 1. The van der Waals surface area contributed by atoms with Crippen LogP contribution in [0.15, 0.2) is 36.9 Å². The largest absolute Gasteiger partial charge is 0.480 e. The monoisotopic (exact) mass is 288 g/mol. The van der Waals surface area contributed by atoms with Gasteiger partial charge in [-0.05, 0) is 17.7 Å². The second-order valence-corrected chi connectivity index (χ2v) is 4.23. The summed E-state index contributed by atoms with van der Waals surface area (Å²) in [5, 5.41) is 20.1. The van der Waals surface area contributed by atoms with Crippen molar-refractivity contribution in [2.75, 3.05) is 13.2 Å². The number of hydrogen-bond donors (Lipinski definition) is 2. The molecule has 1 aromatic carbocycles. The number of carboxylic acids is 1. The van der Waals surface area contributed by atoms with E-state index >= 15 is 0 Å². The van der Waals surface area contributed by atoms with E-state index in [1.807, 2.05) is 6.07 Å². The van der Waals surface area contributed by atoms with Crippen LogP contribution in [0.3, 0.4) is 0 Å². The fourth-order valence-corrected chi connectivity index (χ4v) is 1.60. The predicted molar refractivity (Wildman–Crippen MR) is 75.7 cm³/mol. The molecular weight excluding hydrogens is 272 g/mol. The van der Waals surface area contributed by atoms with Crippen molar-refractivity contribution in [2.45, 2.75) is 12.5 Å². The van der Waals surface area contributed by atoms with Crippen LogP contribution in [0.5, 0.6) is 0 Å². The van der Waals surface area contributed by atoms with Crippen LogP contribution in [-0.4, -0.2) is 36.2 Å². The summed E-state index contributed by atoms with van der Waals surface area (Å²) in [5.41, 5.74) is 0.998. The number of amides is 1. The normalized spacial score (nSPS) is 11.2. The minimum Gasteiger partial charge on any atom is -0.480 e. The third-order valence-electron chi connectivity index (χ3n) is 2.60. The van der Waals surface area contributed by atoms with Crippen LogP contribution in [0.25, 0.3) is 0 Å². The Morgan fingerprint density at radius 3 is 2.90 bits per heavy atom. The van der Waals surface area contributed by atoms with Crippen molar-refractivity contribution in [3.63, 3.8) is 0 Å². The molecule has 0 bridgehead atoms. The van der Waals surface area contributed by atoms with Crippen LogP contribution < -0.4 is 5.32 Å². The van der Waals surface area contributed by atoms with Crippen LogP contribution in [0.4, 0.5) is 0 Å². The molecule has 6 heteroatoms. The van der Waals surface area contributed by atoms with Crippen LogP contribution in [0.2, 0.25) is 0 Å². The Kier molecular flexibility index (Phi) is 6.65. The SMILES string of the molecule is C=CCOCC(NC(=O)c1cccc(CC#N)c1)C(=O)O. The molecule has 21 heavy (non-hydrogen) atoms. The fraction of sp³-hybridized carbons (Fsp3) is 0.267. The smallest absolute Gasteiger partial charge is 0.328 e. The van der Waals surface area contributed by atoms with Gasteiger partial charge < -0.3 is 15.2 Å². The quantitative estimate of drug-likeness (QED) is 0.552. The lowest BCUT2D eigenvalue weighted by Crippen LogP contribution is -2.44. The third-order valence-corrected chi connectivity index (χ3v) is 2.60. The molecular formula is C15H16N2O4. The third kappa shape index (κ3) is 5.47. The predicted octanol–water partition coefficient (Wildman–Crippen LogP) is 1.14. The van der Waals surface area contributed by atoms with Gasteiger partial charge >= 0.3 is 5.97 Å². The van der Waals surface area contributed by atoms with Gasteiger partial charge in [0.15, 0.2) is 6.04 Å². The summed E-state index contributed by atoms with van der Waals surface area (Å²) in [7, 11) is 0. The second kappa shape index (κ2) is 8.51. The van der Waals surface area contributed by atoms with Gasteiger partial charge in [-0.25, -0.2) is 4.79 Å². The first-order valence-corrected chi connectivity index (χ1v) is 6.26. The van der Waals surface area contributed by atoms with E-state index in [1.165, 1.54) is 6.08 Å². The van der Waals surface area contributed by atoms with Crippen molar-refractivity contribution >= 4 is 11.9 Å². The first-order valence-electron chi connectivity index (χ1n) is 6.26. The van der Waals surface area contributed by atoms with Gasteiger partial charge in [-0.15, -0.1) is 6.58 Å². The van der Waals surface area contributed by atoms with E-state index in [2.05, 4.69) is 11.9 Å². The maximum absolute atomic E-state index is 12.0. The topological polar surface area (TPSA) is 99.4 Å². The molecule has 110 valence electrons. The molecule has 0 aliphatic carbocycles. The average Bonchev–Trinajstić information content (AvgIpc) is 2.46. The minimum absolute atomic E-state index is 0.148. The molecule has 1 amide bonds. The zero-order valence-corrected chi connectivity index (χ0v) is 11.4. The number of nitrogens with one attached hydrogen (secondary N) is 1. The molecule has 1 rings (SSSR count). The van der Waals surface area contributed by atoms with E-state index in [1.54, 1.807) is 24.3 Å². The zero-order valence-electron chi connectivity index (χ0n) is 11.4. The number of nitriles is 1. The van der Waals surface area contributed by atoms with Gasteiger partial charge in [0.25, 0.3) is 5.91 Å². The van der Waals surface area contributed by atoms with E-state index in [0.717, 1.165) is 0 Å². The van der Waals surface area contributed by atoms with Crippen LogP contribution in [-0.2, 0) is 16.0 Å². The highest BCUT2D eigenvalue weighted by atomic mass is 16.5. The van der Waals surface area contributed by atoms with Gasteiger partial charge in [-0.1, -0.05) is 18.2 Å². The number of carbonyl (C=O) groups excluding carboxylic acids is 1. The van der Waals surface area contributed by atoms with Gasteiger partial charge in [0.2, 0.25) is 0 Å². The number of benzene rings is 1. The van der Waals surface area contributed by atoms with Crippen molar-refractivity contribution in [1.29, 1.82) is 5.26 Å². The number of hydrogen-bond acceptors (Lipinski definition) is 4. The van der Waals surface area contributed by atoms with Gasteiger partial charge in [0.05, 0.1) is 25.7 Å². The fourth-order valence-electron chi connectivity index (χ4n) is 1.60. The first-order chi connectivity index (χ1) is 10.1. The van der Waals surface area contributed by atoms with Gasteiger partial charge in [0, 0.05) is 5.56 Å². The lowest BCUT2D eigenvalue weighted by atomic mass is 10.1. The Balaban J connectivity index is 2.72. The van der Waals surface area contributed by atoms with Crippen molar-refractivity contribution in [2.24, 2.45) is 0 Å². The van der Waals surface area contributed by atoms with Crippen molar-refractivity contribution < 1.29 is 19.4 Å². The van der Waals surface area contributed by atoms with Crippen molar-refractivity contribution in [1.82, 2.24) is 5.32 Å². The molecule has 1 unspecified atom stereocenters. The molecule has 0 saturated carbocycles. The number of nitrogens with zero attached hydrogens (tertiary/aromatic N) is 1. The zero-order chi connectivity index (χ0) is 15.7. The van der Waals surface area contributed by atoms with Gasteiger partial charge in [-0.2, -0.15) is 5.26 Å². The minimum atomic E-state index is -1.18. The van der Waals surface area contributed by atoms with E-state index in [0.29, 0.717) is 11.1 Å². The number of ether oxygens (including phenoxy) is 1. The molecule has 1 aromatic rings. The molecule has 2 N–H and O–H groups in total. The summed E-state index contributed by atoms with van der Waals surface area (Å²) < 4.78 is 5.05. The van der Waals surface area contributed by atoms with Crippen molar-refractivity contribution in [3.05, 3.63) is 48.0 Å². The Bertz CT molecular complexity index is 563. The van der Waals surface area contributed by atoms with Gasteiger partial charge in [-0.3, -0.25) is 4.79 Å². The lowest BCUT2D eigenvalue weighted by Gasteiger charge is -2.14. The van der Waals surface area contributed by atoms with Crippen LogP contribution in [0.1, 0.15) is 15.9 Å². The Labute approximate surface area is 122 Å². The maximum Gasteiger partial charge on any atom is 0.328 e. The Morgan fingerprint density at radius 2 is 2.29 bits per heavy atom. The molecule has 0 aliphatic rings. The molecule has 0 radical (unpaired) electrons. The molecule has 0 aliphatic heterocycles. The summed E-state index contributed by atoms with van der Waals surface area (Å²) in [5.74, 6) is -1.70. The number of aliphatic carboxylic acids is 1. The molecule has 0 heterocycles. The molecule has 0 aromatic heterocycles. The molecule has 0 fully saturated rings. The average molecular weight is 288 g/mol. The summed E-state index contributed by atoms with van der Waals surface area (Å²) in [6.45, 7) is 3.51. The van der Waals surface area contributed by atoms with E-state index in [4.69, 9.17) is 15.1 Å². The number of rotatable bonds is 8. The number of carbonyl (C=O) groups is 2.